The highest BCUT2D eigenvalue weighted by Gasteiger charge is 2.12. The zero-order chi connectivity index (χ0) is 13.4. The molecule has 0 radical (unpaired) electrons. The second kappa shape index (κ2) is 8.16. The first-order valence-electron chi connectivity index (χ1n) is 6.27. The number of aromatic nitrogens is 2. The number of carbonyl (C=O) groups is 1. The molecule has 1 amide bonds. The maximum Gasteiger partial charge on any atom is 0.271 e. The van der Waals surface area contributed by atoms with Crippen molar-refractivity contribution in [3.63, 3.8) is 0 Å². The number of thioether (sulfide) groups is 1. The highest BCUT2D eigenvalue weighted by Crippen LogP contribution is 2.04. The third-order valence-electron chi connectivity index (χ3n) is 2.53. The van der Waals surface area contributed by atoms with Gasteiger partial charge in [0.1, 0.15) is 5.69 Å². The third-order valence-corrected chi connectivity index (χ3v) is 3.46. The van der Waals surface area contributed by atoms with Gasteiger partial charge in [-0.15, -0.1) is 0 Å². The monoisotopic (exact) mass is 270 g/mol. The average molecular weight is 270 g/mol. The van der Waals surface area contributed by atoms with Gasteiger partial charge >= 0.3 is 0 Å². The van der Waals surface area contributed by atoms with Crippen LogP contribution in [0.3, 0.4) is 0 Å². The van der Waals surface area contributed by atoms with Gasteiger partial charge in [0.2, 0.25) is 0 Å². The topological polar surface area (TPSA) is 72.9 Å². The van der Waals surface area contributed by atoms with Crippen LogP contribution in [0.4, 0.5) is 0 Å². The Morgan fingerprint density at radius 3 is 3.11 bits per heavy atom. The molecule has 0 aliphatic rings. The lowest BCUT2D eigenvalue weighted by Gasteiger charge is -2.12. The van der Waals surface area contributed by atoms with Crippen molar-refractivity contribution in [1.82, 2.24) is 14.9 Å². The molecular weight excluding hydrogens is 248 g/mol. The molecule has 5 nitrogen and oxygen atoms in total. The molecule has 102 valence electrons. The number of amides is 1. The quantitative estimate of drug-likeness (QED) is 0.694. The number of carbonyl (C=O) groups excluding carboxylic acids is 1. The number of nitrogens with two attached hydrogens (primary N) is 1. The highest BCUT2D eigenvalue weighted by atomic mass is 32.2. The smallest absolute Gasteiger partial charge is 0.271 e. The molecule has 0 aliphatic heterocycles. The lowest BCUT2D eigenvalue weighted by Crippen LogP contribution is -2.33. The Balaban J connectivity index is 2.38. The molecule has 0 aliphatic carbocycles. The molecule has 1 aromatic heterocycles. The molecule has 3 N–H and O–H groups in total. The van der Waals surface area contributed by atoms with Crippen LogP contribution < -0.4 is 11.1 Å². The van der Waals surface area contributed by atoms with E-state index in [9.17, 15) is 4.79 Å². The molecule has 1 rings (SSSR count). The Kier molecular flexibility index (Phi) is 6.82. The van der Waals surface area contributed by atoms with Gasteiger partial charge in [-0.3, -0.25) is 4.79 Å². The summed E-state index contributed by atoms with van der Waals surface area (Å²) >= 11 is 1.89. The Labute approximate surface area is 113 Å². The summed E-state index contributed by atoms with van der Waals surface area (Å²) in [5, 5.41) is 2.95. The summed E-state index contributed by atoms with van der Waals surface area (Å²) < 4.78 is 1.83. The van der Waals surface area contributed by atoms with Crippen LogP contribution in [0.25, 0.3) is 0 Å². The minimum absolute atomic E-state index is 0.111. The molecular formula is C12H22N4OS. The first-order chi connectivity index (χ1) is 8.67. The zero-order valence-electron chi connectivity index (χ0n) is 11.1. The van der Waals surface area contributed by atoms with Crippen LogP contribution in [-0.4, -0.2) is 39.6 Å². The van der Waals surface area contributed by atoms with Gasteiger partial charge in [-0.1, -0.05) is 6.92 Å². The van der Waals surface area contributed by atoms with Gasteiger partial charge in [-0.25, -0.2) is 4.98 Å². The van der Waals surface area contributed by atoms with Crippen LogP contribution in [0.1, 0.15) is 30.8 Å². The molecule has 0 fully saturated rings. The van der Waals surface area contributed by atoms with E-state index in [2.05, 4.69) is 17.2 Å². The Bertz CT molecular complexity index is 367. The third kappa shape index (κ3) is 5.10. The molecule has 1 unspecified atom stereocenters. The summed E-state index contributed by atoms with van der Waals surface area (Å²) in [5.41, 5.74) is 5.90. The summed E-state index contributed by atoms with van der Waals surface area (Å²) in [6, 6.07) is 0.177. The van der Waals surface area contributed by atoms with Crippen LogP contribution in [0, 0.1) is 0 Å². The lowest BCUT2D eigenvalue weighted by atomic mass is 10.2. The van der Waals surface area contributed by atoms with E-state index in [-0.39, 0.29) is 11.9 Å². The van der Waals surface area contributed by atoms with E-state index >= 15 is 0 Å². The van der Waals surface area contributed by atoms with E-state index in [1.54, 1.807) is 12.5 Å². The van der Waals surface area contributed by atoms with Crippen LogP contribution in [-0.2, 0) is 6.54 Å². The van der Waals surface area contributed by atoms with Crippen molar-refractivity contribution in [2.75, 3.05) is 18.1 Å². The molecule has 0 aromatic carbocycles. The van der Waals surface area contributed by atoms with Crippen molar-refractivity contribution < 1.29 is 4.79 Å². The van der Waals surface area contributed by atoms with E-state index in [0.717, 1.165) is 17.9 Å². The SMILES string of the molecule is CCSCCC(C)NC(=O)c1cn(CCN)cn1. The number of imidazole rings is 1. The molecule has 0 spiro atoms. The molecule has 1 atom stereocenters. The summed E-state index contributed by atoms with van der Waals surface area (Å²) in [7, 11) is 0. The summed E-state index contributed by atoms with van der Waals surface area (Å²) in [6.45, 7) is 5.38. The molecule has 18 heavy (non-hydrogen) atoms. The van der Waals surface area contributed by atoms with Gasteiger partial charge in [0, 0.05) is 25.3 Å². The molecule has 0 bridgehead atoms. The zero-order valence-corrected chi connectivity index (χ0v) is 11.9. The van der Waals surface area contributed by atoms with Crippen LogP contribution in [0.5, 0.6) is 0 Å². The number of nitrogens with one attached hydrogen (secondary N) is 1. The predicted octanol–water partition coefficient (Wildman–Crippen LogP) is 1.10. The molecule has 6 heteroatoms. The molecule has 0 saturated carbocycles. The Morgan fingerprint density at radius 2 is 2.44 bits per heavy atom. The molecule has 0 saturated heterocycles. The Morgan fingerprint density at radius 1 is 1.67 bits per heavy atom. The number of hydrogen-bond donors (Lipinski definition) is 2. The summed E-state index contributed by atoms with van der Waals surface area (Å²) in [6.07, 6.45) is 4.35. The van der Waals surface area contributed by atoms with Crippen LogP contribution in [0.2, 0.25) is 0 Å². The first-order valence-corrected chi connectivity index (χ1v) is 7.43. The van der Waals surface area contributed by atoms with E-state index in [1.807, 2.05) is 23.3 Å². The van der Waals surface area contributed by atoms with Crippen LogP contribution >= 0.6 is 11.8 Å². The van der Waals surface area contributed by atoms with E-state index in [1.165, 1.54) is 0 Å². The molecule has 1 heterocycles. The van der Waals surface area contributed by atoms with Gasteiger partial charge in [-0.05, 0) is 24.9 Å². The normalized spacial score (nSPS) is 12.4. The highest BCUT2D eigenvalue weighted by molar-refractivity contribution is 7.99. The largest absolute Gasteiger partial charge is 0.348 e. The number of nitrogens with zero attached hydrogens (tertiary/aromatic N) is 2. The predicted molar refractivity (Wildman–Crippen MR) is 75.8 cm³/mol. The fraction of sp³-hybridized carbons (Fsp3) is 0.667. The van der Waals surface area contributed by atoms with Gasteiger partial charge in [0.25, 0.3) is 5.91 Å². The standard InChI is InChI=1S/C12H22N4OS/c1-3-18-7-4-10(2)15-12(17)11-8-16(6-5-13)9-14-11/h8-10H,3-7,13H2,1-2H3,(H,15,17). The summed E-state index contributed by atoms with van der Waals surface area (Å²) in [4.78, 5) is 16.0. The minimum atomic E-state index is -0.111. The molecule has 1 aromatic rings. The second-order valence-corrected chi connectivity index (χ2v) is 5.54. The average Bonchev–Trinajstić information content (AvgIpc) is 2.78. The van der Waals surface area contributed by atoms with Crippen molar-refractivity contribution in [1.29, 1.82) is 0 Å². The van der Waals surface area contributed by atoms with Gasteiger partial charge < -0.3 is 15.6 Å². The van der Waals surface area contributed by atoms with Crippen LogP contribution in [0.15, 0.2) is 12.5 Å². The van der Waals surface area contributed by atoms with Gasteiger partial charge in [-0.2, -0.15) is 11.8 Å². The number of rotatable bonds is 8. The lowest BCUT2D eigenvalue weighted by molar-refractivity contribution is 0.0935. The first kappa shape index (κ1) is 15.0. The van der Waals surface area contributed by atoms with E-state index in [0.29, 0.717) is 18.8 Å². The van der Waals surface area contributed by atoms with Crippen molar-refractivity contribution in [2.45, 2.75) is 32.9 Å². The fourth-order valence-corrected chi connectivity index (χ4v) is 2.33. The minimum Gasteiger partial charge on any atom is -0.348 e. The van der Waals surface area contributed by atoms with Crippen molar-refractivity contribution in [3.8, 4) is 0 Å². The number of hydrogen-bond acceptors (Lipinski definition) is 4. The van der Waals surface area contributed by atoms with Crippen molar-refractivity contribution in [2.24, 2.45) is 5.73 Å². The van der Waals surface area contributed by atoms with E-state index in [4.69, 9.17) is 5.73 Å². The second-order valence-electron chi connectivity index (χ2n) is 4.15. The van der Waals surface area contributed by atoms with E-state index < -0.39 is 0 Å². The Hall–Kier alpha value is -1.01. The van der Waals surface area contributed by atoms with Gasteiger partial charge in [0.05, 0.1) is 6.33 Å². The summed E-state index contributed by atoms with van der Waals surface area (Å²) in [5.74, 6) is 2.07. The van der Waals surface area contributed by atoms with Crippen molar-refractivity contribution >= 4 is 17.7 Å². The maximum absolute atomic E-state index is 11.9. The maximum atomic E-state index is 11.9. The fourth-order valence-electron chi connectivity index (χ4n) is 1.52. The van der Waals surface area contributed by atoms with Crippen molar-refractivity contribution in [3.05, 3.63) is 18.2 Å². The van der Waals surface area contributed by atoms with Gasteiger partial charge in [0.15, 0.2) is 0 Å².